The first kappa shape index (κ1) is 20.7. The van der Waals surface area contributed by atoms with Gasteiger partial charge in [-0.2, -0.15) is 0 Å². The summed E-state index contributed by atoms with van der Waals surface area (Å²) in [7, 11) is -3.39. The quantitative estimate of drug-likeness (QED) is 0.752. The van der Waals surface area contributed by atoms with Crippen LogP contribution in [0.15, 0.2) is 20.8 Å². The fourth-order valence-electron chi connectivity index (χ4n) is 4.08. The highest BCUT2D eigenvalue weighted by Gasteiger charge is 2.30. The van der Waals surface area contributed by atoms with E-state index in [1.807, 2.05) is 0 Å². The van der Waals surface area contributed by atoms with Crippen LogP contribution in [0.1, 0.15) is 71.9 Å². The molecule has 1 atom stereocenters. The molecule has 0 radical (unpaired) electrons. The van der Waals surface area contributed by atoms with Crippen LogP contribution in [0.25, 0.3) is 0 Å². The molecule has 29 heavy (non-hydrogen) atoms. The first-order valence-electron chi connectivity index (χ1n) is 9.97. The molecule has 2 aliphatic rings. The average Bonchev–Trinajstić information content (AvgIpc) is 3.13. The molecule has 1 heterocycles. The number of aryl methyl sites for hydroxylation is 1. The number of rotatable bonds is 5. The largest absolute Gasteiger partial charge is 0.383 e. The van der Waals surface area contributed by atoms with Crippen LogP contribution in [0.4, 0.5) is 0 Å². The van der Waals surface area contributed by atoms with Crippen molar-refractivity contribution in [3.63, 3.8) is 0 Å². The summed E-state index contributed by atoms with van der Waals surface area (Å²) >= 11 is 1.02. The summed E-state index contributed by atoms with van der Waals surface area (Å²) in [5.41, 5.74) is 5.11. The van der Waals surface area contributed by atoms with Gasteiger partial charge in [-0.25, -0.2) is 14.3 Å². The van der Waals surface area contributed by atoms with Crippen molar-refractivity contribution in [3.8, 4) is 0 Å². The standard InChI is InChI=1S/C21H27N3O3S2/c1-12-15-6-4-5-14(15)9-17(13-7-8-13)16(12)10-18(25)24-29(22,27)19-11-23-20(28-19)21(2,3)26/h9,11,13,26H,4-8,10H2,1-3H3,(H2,22,24,25,27). The molecular weight excluding hydrogens is 406 g/mol. The summed E-state index contributed by atoms with van der Waals surface area (Å²) in [6.45, 7) is 5.27. The minimum atomic E-state index is -3.39. The molecule has 1 aromatic carbocycles. The zero-order chi connectivity index (χ0) is 21.0. The number of hydrogen-bond acceptors (Lipinski definition) is 5. The van der Waals surface area contributed by atoms with Crippen LogP contribution in [0.3, 0.4) is 0 Å². The molecule has 3 N–H and O–H groups in total. The Bertz CT molecular complexity index is 1100. The molecule has 0 spiro atoms. The second-order valence-electron chi connectivity index (χ2n) is 8.61. The lowest BCUT2D eigenvalue weighted by Gasteiger charge is -2.16. The van der Waals surface area contributed by atoms with E-state index in [1.165, 1.54) is 28.5 Å². The normalized spacial score (nSPS) is 18.4. The number of carbonyl (C=O) groups is 1. The van der Waals surface area contributed by atoms with E-state index in [2.05, 4.69) is 22.3 Å². The van der Waals surface area contributed by atoms with Gasteiger partial charge in [0.15, 0.2) is 9.92 Å². The summed E-state index contributed by atoms with van der Waals surface area (Å²) in [4.78, 5) is 16.8. The number of carbonyl (C=O) groups excluding carboxylic acids is 1. The van der Waals surface area contributed by atoms with Gasteiger partial charge in [0.1, 0.15) is 14.8 Å². The van der Waals surface area contributed by atoms with Crippen molar-refractivity contribution in [3.05, 3.63) is 45.1 Å². The van der Waals surface area contributed by atoms with Crippen LogP contribution in [-0.4, -0.2) is 20.2 Å². The van der Waals surface area contributed by atoms with Crippen LogP contribution < -0.4 is 5.14 Å². The third kappa shape index (κ3) is 4.17. The molecule has 1 saturated carbocycles. The van der Waals surface area contributed by atoms with E-state index in [9.17, 15) is 14.1 Å². The number of aromatic nitrogens is 1. The number of thiazole rings is 1. The Morgan fingerprint density at radius 2 is 2.14 bits per heavy atom. The van der Waals surface area contributed by atoms with E-state index in [4.69, 9.17) is 5.14 Å². The van der Waals surface area contributed by atoms with Gasteiger partial charge in [0.05, 0.1) is 12.6 Å². The minimum Gasteiger partial charge on any atom is -0.383 e. The number of nitrogens with zero attached hydrogens (tertiary/aromatic N) is 2. The number of nitrogens with two attached hydrogens (primary N) is 1. The van der Waals surface area contributed by atoms with E-state index < -0.39 is 21.4 Å². The molecule has 0 saturated heterocycles. The summed E-state index contributed by atoms with van der Waals surface area (Å²) < 4.78 is 17.0. The van der Waals surface area contributed by atoms with Gasteiger partial charge in [-0.3, -0.25) is 4.79 Å². The number of benzene rings is 1. The maximum atomic E-state index is 12.9. The Morgan fingerprint density at radius 3 is 2.76 bits per heavy atom. The lowest BCUT2D eigenvalue weighted by molar-refractivity contribution is -0.117. The highest BCUT2D eigenvalue weighted by molar-refractivity contribution is 7.93. The number of amides is 1. The van der Waals surface area contributed by atoms with Crippen LogP contribution in [0.5, 0.6) is 0 Å². The first-order valence-corrected chi connectivity index (χ1v) is 12.4. The molecule has 1 unspecified atom stereocenters. The number of fused-ring (bicyclic) bond motifs is 1. The van der Waals surface area contributed by atoms with Crippen LogP contribution in [0, 0.1) is 6.92 Å². The third-order valence-electron chi connectivity index (χ3n) is 5.72. The Hall–Kier alpha value is -1.61. The Balaban J connectivity index is 1.65. The van der Waals surface area contributed by atoms with Gasteiger partial charge in [-0.15, -0.1) is 15.7 Å². The van der Waals surface area contributed by atoms with Crippen molar-refractivity contribution in [1.82, 2.24) is 4.98 Å². The summed E-state index contributed by atoms with van der Waals surface area (Å²) in [6, 6.07) is 2.29. The van der Waals surface area contributed by atoms with Crippen LogP contribution in [-0.2, 0) is 39.6 Å². The van der Waals surface area contributed by atoms with Crippen molar-refractivity contribution in [1.29, 1.82) is 0 Å². The molecule has 4 rings (SSSR count). The zero-order valence-electron chi connectivity index (χ0n) is 17.0. The predicted molar refractivity (Wildman–Crippen MR) is 114 cm³/mol. The zero-order valence-corrected chi connectivity index (χ0v) is 18.7. The smallest absolute Gasteiger partial charge is 0.259 e. The number of aliphatic hydroxyl groups is 1. The van der Waals surface area contributed by atoms with Gasteiger partial charge in [-0.05, 0) is 86.6 Å². The highest BCUT2D eigenvalue weighted by atomic mass is 32.2. The van der Waals surface area contributed by atoms with Crippen molar-refractivity contribution in [2.75, 3.05) is 0 Å². The van der Waals surface area contributed by atoms with Crippen molar-refractivity contribution in [2.24, 2.45) is 9.50 Å². The highest BCUT2D eigenvalue weighted by Crippen LogP contribution is 2.45. The van der Waals surface area contributed by atoms with Crippen molar-refractivity contribution >= 4 is 27.2 Å². The van der Waals surface area contributed by atoms with E-state index in [-0.39, 0.29) is 10.6 Å². The monoisotopic (exact) mass is 433 g/mol. The van der Waals surface area contributed by atoms with E-state index in [1.54, 1.807) is 13.8 Å². The lowest BCUT2D eigenvalue weighted by Crippen LogP contribution is -2.16. The molecule has 1 amide bonds. The van der Waals surface area contributed by atoms with Gasteiger partial charge in [0.2, 0.25) is 0 Å². The molecule has 2 aliphatic carbocycles. The first-order chi connectivity index (χ1) is 13.6. The van der Waals surface area contributed by atoms with Crippen molar-refractivity contribution < 1.29 is 14.1 Å². The number of hydrogen-bond donors (Lipinski definition) is 2. The summed E-state index contributed by atoms with van der Waals surface area (Å²) in [5, 5.41) is 16.4. The molecular formula is C21H27N3O3S2. The topological polar surface area (TPSA) is 106 Å². The minimum absolute atomic E-state index is 0.121. The molecule has 0 bridgehead atoms. The third-order valence-corrected chi connectivity index (χ3v) is 8.95. The van der Waals surface area contributed by atoms with Gasteiger partial charge in [0.25, 0.3) is 5.91 Å². The van der Waals surface area contributed by atoms with Crippen LogP contribution >= 0.6 is 11.3 Å². The molecule has 1 aromatic heterocycles. The van der Waals surface area contributed by atoms with E-state index >= 15 is 0 Å². The molecule has 1 fully saturated rings. The molecule has 156 valence electrons. The van der Waals surface area contributed by atoms with Gasteiger partial charge >= 0.3 is 0 Å². The van der Waals surface area contributed by atoms with Gasteiger partial charge in [0, 0.05) is 0 Å². The van der Waals surface area contributed by atoms with Gasteiger partial charge < -0.3 is 5.11 Å². The average molecular weight is 434 g/mol. The maximum Gasteiger partial charge on any atom is 0.259 e. The SMILES string of the molecule is Cc1c2c(cc(C3CC3)c1CC(=O)N=S(N)(=O)c1cnc(C(C)(C)O)s1)CCC2. The molecule has 2 aromatic rings. The van der Waals surface area contributed by atoms with Crippen molar-refractivity contribution in [2.45, 2.75) is 75.0 Å². The van der Waals surface area contributed by atoms with E-state index in [0.29, 0.717) is 10.9 Å². The molecule has 6 nitrogen and oxygen atoms in total. The summed E-state index contributed by atoms with van der Waals surface area (Å²) in [5.74, 6) is 0.0547. The van der Waals surface area contributed by atoms with Crippen LogP contribution in [0.2, 0.25) is 0 Å². The fraction of sp³-hybridized carbons (Fsp3) is 0.524. The Morgan fingerprint density at radius 1 is 1.41 bits per heavy atom. The maximum absolute atomic E-state index is 12.9. The fourth-order valence-corrected chi connectivity index (χ4v) is 6.22. The molecule has 8 heteroatoms. The lowest BCUT2D eigenvalue weighted by atomic mass is 9.89. The van der Waals surface area contributed by atoms with Gasteiger partial charge in [-0.1, -0.05) is 6.07 Å². The Labute approximate surface area is 175 Å². The summed E-state index contributed by atoms with van der Waals surface area (Å²) in [6.07, 6.45) is 7.10. The predicted octanol–water partition coefficient (Wildman–Crippen LogP) is 3.51. The second kappa shape index (κ2) is 7.27. The van der Waals surface area contributed by atoms with E-state index in [0.717, 1.165) is 49.0 Å². The second-order valence-corrected chi connectivity index (χ2v) is 11.7. The molecule has 0 aliphatic heterocycles. The Kier molecular flexibility index (Phi) is 5.17.